The maximum absolute atomic E-state index is 13.2. The zero-order valence-corrected chi connectivity index (χ0v) is 19.4. The average Bonchev–Trinajstić information content (AvgIpc) is 3.34. The smallest absolute Gasteiger partial charge is 0.257 e. The second-order valence-corrected chi connectivity index (χ2v) is 11.5. The molecular formula is C23H28N2O5S2. The summed E-state index contributed by atoms with van der Waals surface area (Å²) >= 11 is 1.21. The van der Waals surface area contributed by atoms with Crippen LogP contribution in [0.5, 0.6) is 0 Å². The molecule has 4 rings (SSSR count). The summed E-state index contributed by atoms with van der Waals surface area (Å²) in [6.45, 7) is -0.152. The van der Waals surface area contributed by atoms with Crippen LogP contribution in [0.4, 0.5) is 5.13 Å². The van der Waals surface area contributed by atoms with Crippen LogP contribution < -0.4 is 5.32 Å². The lowest BCUT2D eigenvalue weighted by Gasteiger charge is -2.12. The quantitative estimate of drug-likeness (QED) is 0.475. The molecule has 0 aliphatic heterocycles. The van der Waals surface area contributed by atoms with Gasteiger partial charge in [0.15, 0.2) is 15.0 Å². The molecule has 0 bridgehead atoms. The van der Waals surface area contributed by atoms with Crippen molar-refractivity contribution in [2.24, 2.45) is 5.92 Å². The van der Waals surface area contributed by atoms with Crippen molar-refractivity contribution in [2.75, 3.05) is 11.9 Å². The van der Waals surface area contributed by atoms with Crippen LogP contribution in [0.25, 0.3) is 5.57 Å². The summed E-state index contributed by atoms with van der Waals surface area (Å²) in [5.74, 6) is -0.00361. The van der Waals surface area contributed by atoms with Crippen molar-refractivity contribution in [1.82, 2.24) is 4.98 Å². The van der Waals surface area contributed by atoms with E-state index in [1.54, 1.807) is 29.6 Å². The minimum absolute atomic E-state index is 0.152. The fourth-order valence-electron chi connectivity index (χ4n) is 3.99. The van der Waals surface area contributed by atoms with Gasteiger partial charge in [-0.15, -0.1) is 11.3 Å². The number of carbonyl (C=O) groups is 1. The molecule has 1 heterocycles. The van der Waals surface area contributed by atoms with E-state index in [4.69, 9.17) is 5.11 Å². The highest BCUT2D eigenvalue weighted by Crippen LogP contribution is 2.35. The molecule has 7 nitrogen and oxygen atoms in total. The monoisotopic (exact) mass is 476 g/mol. The van der Waals surface area contributed by atoms with Gasteiger partial charge >= 0.3 is 0 Å². The normalized spacial score (nSPS) is 18.6. The highest BCUT2D eigenvalue weighted by atomic mass is 32.2. The minimum Gasteiger partial charge on any atom is -0.396 e. The summed E-state index contributed by atoms with van der Waals surface area (Å²) in [5.41, 5.74) is 1.58. The van der Waals surface area contributed by atoms with Crippen LogP contribution in [0.15, 0.2) is 40.6 Å². The van der Waals surface area contributed by atoms with Gasteiger partial charge in [0.05, 0.1) is 21.9 Å². The fourth-order valence-corrected chi connectivity index (χ4v) is 6.40. The summed E-state index contributed by atoms with van der Waals surface area (Å²) in [6, 6.07) is 6.58. The van der Waals surface area contributed by atoms with E-state index in [0.717, 1.165) is 25.7 Å². The molecule has 0 spiro atoms. The van der Waals surface area contributed by atoms with E-state index < -0.39 is 15.9 Å². The lowest BCUT2D eigenvalue weighted by molar-refractivity contribution is -0.111. The number of carbonyl (C=O) groups excluding carboxylic acids is 1. The van der Waals surface area contributed by atoms with Gasteiger partial charge in [-0.2, -0.15) is 0 Å². The summed E-state index contributed by atoms with van der Waals surface area (Å²) < 4.78 is 25.0. The summed E-state index contributed by atoms with van der Waals surface area (Å²) in [5, 5.41) is 23.5. The fraction of sp³-hybridized carbons (Fsp3) is 0.478. The molecule has 0 radical (unpaired) electrons. The van der Waals surface area contributed by atoms with Gasteiger partial charge in [0.25, 0.3) is 5.91 Å². The Balaban J connectivity index is 1.56. The van der Waals surface area contributed by atoms with Gasteiger partial charge in [-0.3, -0.25) is 10.1 Å². The topological polar surface area (TPSA) is 117 Å². The molecule has 1 aromatic heterocycles. The Morgan fingerprint density at radius 1 is 1.19 bits per heavy atom. The molecule has 1 atom stereocenters. The van der Waals surface area contributed by atoms with Crippen molar-refractivity contribution >= 4 is 37.8 Å². The number of amides is 1. The molecule has 3 N–H and O–H groups in total. The Labute approximate surface area is 192 Å². The number of allylic oxidation sites excluding steroid dienone is 1. The van der Waals surface area contributed by atoms with Crippen LogP contribution in [0, 0.1) is 5.92 Å². The number of anilines is 1. The molecule has 2 aliphatic carbocycles. The molecule has 1 unspecified atom stereocenters. The van der Waals surface area contributed by atoms with Gasteiger partial charge in [-0.05, 0) is 49.3 Å². The largest absolute Gasteiger partial charge is 0.396 e. The molecule has 2 saturated carbocycles. The van der Waals surface area contributed by atoms with E-state index in [1.807, 2.05) is 6.08 Å². The van der Waals surface area contributed by atoms with Crippen LogP contribution in [0.3, 0.4) is 0 Å². The molecule has 172 valence electrons. The number of aliphatic hydroxyl groups is 2. The molecule has 1 amide bonds. The highest BCUT2D eigenvalue weighted by Gasteiger charge is 2.36. The first kappa shape index (κ1) is 23.1. The third-order valence-corrected chi connectivity index (χ3v) is 9.04. The first-order valence-corrected chi connectivity index (χ1v) is 13.4. The van der Waals surface area contributed by atoms with Crippen molar-refractivity contribution in [3.05, 3.63) is 47.0 Å². The number of aromatic nitrogens is 1. The number of nitrogens with zero attached hydrogens (tertiary/aromatic N) is 1. The summed E-state index contributed by atoms with van der Waals surface area (Å²) in [7, 11) is -3.28. The Hall–Kier alpha value is -2.07. The zero-order valence-electron chi connectivity index (χ0n) is 17.7. The van der Waals surface area contributed by atoms with Crippen LogP contribution in [0.2, 0.25) is 0 Å². The first-order valence-electron chi connectivity index (χ1n) is 11.0. The standard InChI is InChI=1S/C23H28N2O5S2/c26-12-11-21(27)20-14-31-23(24-20)25-22(28)19(13-15-3-1-2-4-15)16-5-7-17(8-6-16)32(29,30)18-9-10-18/h5-8,13-15,18,21,26-27H,1-4,9-12H2,(H,24,25,28). The van der Waals surface area contributed by atoms with Crippen molar-refractivity contribution in [3.63, 3.8) is 0 Å². The molecule has 9 heteroatoms. The number of rotatable bonds is 9. The lowest BCUT2D eigenvalue weighted by Crippen LogP contribution is -2.15. The van der Waals surface area contributed by atoms with Crippen LogP contribution in [-0.4, -0.2) is 41.4 Å². The maximum atomic E-state index is 13.2. The van der Waals surface area contributed by atoms with Crippen molar-refractivity contribution in [2.45, 2.75) is 61.2 Å². The number of sulfone groups is 1. The van der Waals surface area contributed by atoms with Crippen molar-refractivity contribution in [3.8, 4) is 0 Å². The first-order chi connectivity index (χ1) is 15.4. The predicted octanol–water partition coefficient (Wildman–Crippen LogP) is 3.71. The predicted molar refractivity (Wildman–Crippen MR) is 124 cm³/mol. The van der Waals surface area contributed by atoms with Crippen LogP contribution >= 0.6 is 11.3 Å². The number of benzene rings is 1. The summed E-state index contributed by atoms with van der Waals surface area (Å²) in [4.78, 5) is 17.7. The number of aliphatic hydroxyl groups excluding tert-OH is 2. The molecule has 2 aliphatic rings. The van der Waals surface area contributed by atoms with Crippen LogP contribution in [0.1, 0.15) is 62.3 Å². The van der Waals surface area contributed by atoms with Gasteiger partial charge in [-0.25, -0.2) is 13.4 Å². The van der Waals surface area contributed by atoms with E-state index >= 15 is 0 Å². The number of hydrogen-bond acceptors (Lipinski definition) is 7. The molecule has 1 aromatic carbocycles. The molecule has 32 heavy (non-hydrogen) atoms. The van der Waals surface area contributed by atoms with Gasteiger partial charge in [0, 0.05) is 24.0 Å². The second-order valence-electron chi connectivity index (χ2n) is 8.45. The third-order valence-electron chi connectivity index (χ3n) is 5.99. The van der Waals surface area contributed by atoms with Gasteiger partial charge in [0.2, 0.25) is 0 Å². The Morgan fingerprint density at radius 3 is 2.50 bits per heavy atom. The molecule has 2 aromatic rings. The maximum Gasteiger partial charge on any atom is 0.257 e. The van der Waals surface area contributed by atoms with Crippen molar-refractivity contribution in [1.29, 1.82) is 0 Å². The van der Waals surface area contributed by atoms with Gasteiger partial charge in [-0.1, -0.05) is 31.1 Å². The Bertz CT molecular complexity index is 1080. The SMILES string of the molecule is O=C(Nc1nc(C(O)CCO)cs1)C(=CC1CCCC1)c1ccc(S(=O)(=O)C2CC2)cc1. The van der Waals surface area contributed by atoms with E-state index in [0.29, 0.717) is 45.6 Å². The molecule has 0 saturated heterocycles. The third kappa shape index (κ3) is 5.28. The Morgan fingerprint density at radius 2 is 1.88 bits per heavy atom. The number of nitrogens with one attached hydrogen (secondary N) is 1. The number of hydrogen-bond donors (Lipinski definition) is 3. The minimum atomic E-state index is -3.28. The van der Waals surface area contributed by atoms with E-state index in [2.05, 4.69) is 10.3 Å². The molecule has 2 fully saturated rings. The van der Waals surface area contributed by atoms with Crippen LogP contribution in [-0.2, 0) is 14.6 Å². The molecular weight excluding hydrogens is 448 g/mol. The van der Waals surface area contributed by atoms with Gasteiger partial charge < -0.3 is 10.2 Å². The summed E-state index contributed by atoms with van der Waals surface area (Å²) in [6.07, 6.45) is 7.03. The van der Waals surface area contributed by atoms with E-state index in [1.165, 1.54) is 11.3 Å². The lowest BCUT2D eigenvalue weighted by atomic mass is 9.98. The second kappa shape index (κ2) is 9.82. The van der Waals surface area contributed by atoms with E-state index in [-0.39, 0.29) is 24.2 Å². The number of thiazole rings is 1. The van der Waals surface area contributed by atoms with Gasteiger partial charge in [0.1, 0.15) is 0 Å². The highest BCUT2D eigenvalue weighted by molar-refractivity contribution is 7.92. The average molecular weight is 477 g/mol. The van der Waals surface area contributed by atoms with E-state index in [9.17, 15) is 18.3 Å². The Kier molecular flexibility index (Phi) is 7.09. The van der Waals surface area contributed by atoms with Crippen molar-refractivity contribution < 1.29 is 23.4 Å². The zero-order chi connectivity index (χ0) is 22.7.